The Labute approximate surface area is 207 Å². The molecule has 0 bridgehead atoms. The van der Waals surface area contributed by atoms with Gasteiger partial charge in [0.15, 0.2) is 5.82 Å². The van der Waals surface area contributed by atoms with Gasteiger partial charge in [0.2, 0.25) is 0 Å². The van der Waals surface area contributed by atoms with E-state index < -0.39 is 5.60 Å². The van der Waals surface area contributed by atoms with Crippen molar-refractivity contribution in [2.75, 3.05) is 18.5 Å². The number of rotatable bonds is 4. The molecule has 1 saturated carbocycles. The summed E-state index contributed by atoms with van der Waals surface area (Å²) in [6.07, 6.45) is 9.10. The zero-order valence-corrected chi connectivity index (χ0v) is 21.1. The highest BCUT2D eigenvalue weighted by molar-refractivity contribution is 5.72. The molecule has 7 heteroatoms. The third-order valence-corrected chi connectivity index (χ3v) is 6.93. The molecular weight excluding hydrogens is 440 g/mol. The Morgan fingerprint density at radius 3 is 2.54 bits per heavy atom. The van der Waals surface area contributed by atoms with Crippen LogP contribution in [-0.2, 0) is 22.6 Å². The van der Waals surface area contributed by atoms with Gasteiger partial charge < -0.3 is 14.8 Å². The Hall–Kier alpha value is -2.93. The Morgan fingerprint density at radius 1 is 1.09 bits per heavy atom. The largest absolute Gasteiger partial charge is 0.444 e. The van der Waals surface area contributed by atoms with Gasteiger partial charge in [-0.15, -0.1) is 0 Å². The van der Waals surface area contributed by atoms with E-state index in [-0.39, 0.29) is 6.09 Å². The summed E-state index contributed by atoms with van der Waals surface area (Å²) in [5, 5.41) is 3.53. The summed E-state index contributed by atoms with van der Waals surface area (Å²) < 4.78 is 11.1. The molecule has 0 atom stereocenters. The summed E-state index contributed by atoms with van der Waals surface area (Å²) in [6.45, 7) is 7.73. The summed E-state index contributed by atoms with van der Waals surface area (Å²) in [5.74, 6) is 2.14. The number of anilines is 2. The number of nitrogens with one attached hydrogen (secondary N) is 1. The van der Waals surface area contributed by atoms with E-state index in [1.807, 2.05) is 20.8 Å². The first-order chi connectivity index (χ1) is 16.9. The highest BCUT2D eigenvalue weighted by Crippen LogP contribution is 2.35. The van der Waals surface area contributed by atoms with Gasteiger partial charge in [-0.2, -0.15) is 0 Å². The fraction of sp³-hybridized carbons (Fsp3) is 0.536. The molecule has 1 fully saturated rings. The van der Waals surface area contributed by atoms with E-state index >= 15 is 0 Å². The second-order valence-corrected chi connectivity index (χ2v) is 10.8. The van der Waals surface area contributed by atoms with Crippen molar-refractivity contribution < 1.29 is 14.3 Å². The van der Waals surface area contributed by atoms with Crippen LogP contribution in [0.2, 0.25) is 0 Å². The van der Waals surface area contributed by atoms with Crippen molar-refractivity contribution in [3.8, 4) is 0 Å². The Bertz CT molecular complexity index is 1100. The van der Waals surface area contributed by atoms with Crippen LogP contribution in [0.15, 0.2) is 30.3 Å². The number of ether oxygens (including phenoxy) is 2. The first kappa shape index (κ1) is 23.8. The standard InChI is InChI=1S/C28H36N4O3/c1-28(2,3)35-27(33)32-17-23-24(18-32)30-25(21-13-15-34-16-14-21)31-26(23)29-22-11-9-20(10-12-22)19-7-5-4-6-8-19/h9-13,19H,4-8,14-18H2,1-3H3,(H,29,30,31). The number of carbonyl (C=O) groups is 1. The van der Waals surface area contributed by atoms with Gasteiger partial charge in [0, 0.05) is 11.3 Å². The van der Waals surface area contributed by atoms with Gasteiger partial charge in [0.1, 0.15) is 11.4 Å². The second-order valence-electron chi connectivity index (χ2n) is 10.8. The second kappa shape index (κ2) is 9.97. The molecule has 5 rings (SSSR count). The molecule has 3 heterocycles. The average molecular weight is 477 g/mol. The maximum atomic E-state index is 12.8. The summed E-state index contributed by atoms with van der Waals surface area (Å²) in [4.78, 5) is 24.3. The number of aromatic nitrogens is 2. The monoisotopic (exact) mass is 476 g/mol. The van der Waals surface area contributed by atoms with Crippen LogP contribution in [-0.4, -0.2) is 39.8 Å². The smallest absolute Gasteiger partial charge is 0.410 e. The van der Waals surface area contributed by atoms with E-state index in [0.717, 1.165) is 34.8 Å². The molecule has 0 radical (unpaired) electrons. The minimum atomic E-state index is -0.545. The highest BCUT2D eigenvalue weighted by Gasteiger charge is 2.32. The third kappa shape index (κ3) is 5.67. The van der Waals surface area contributed by atoms with Crippen molar-refractivity contribution in [1.29, 1.82) is 0 Å². The molecule has 1 aromatic heterocycles. The van der Waals surface area contributed by atoms with E-state index in [9.17, 15) is 4.79 Å². The lowest BCUT2D eigenvalue weighted by atomic mass is 9.84. The molecular formula is C28H36N4O3. The number of carbonyl (C=O) groups excluding carboxylic acids is 1. The fourth-order valence-electron chi connectivity index (χ4n) is 5.10. The molecule has 3 aliphatic rings. The Kier molecular flexibility index (Phi) is 6.78. The topological polar surface area (TPSA) is 76.6 Å². The van der Waals surface area contributed by atoms with E-state index in [1.165, 1.54) is 37.7 Å². The van der Waals surface area contributed by atoms with E-state index in [4.69, 9.17) is 19.4 Å². The Balaban J connectivity index is 1.41. The predicted molar refractivity (Wildman–Crippen MR) is 136 cm³/mol. The molecule has 0 saturated heterocycles. The van der Waals surface area contributed by atoms with Gasteiger partial charge in [-0.3, -0.25) is 4.90 Å². The summed E-state index contributed by atoms with van der Waals surface area (Å²) >= 11 is 0. The predicted octanol–water partition coefficient (Wildman–Crippen LogP) is 6.32. The first-order valence-corrected chi connectivity index (χ1v) is 12.9. The number of hydrogen-bond donors (Lipinski definition) is 1. The number of amides is 1. The normalized spacial score (nSPS) is 18.7. The van der Waals surface area contributed by atoms with Crippen molar-refractivity contribution >= 4 is 23.2 Å². The fourth-order valence-corrected chi connectivity index (χ4v) is 5.10. The van der Waals surface area contributed by atoms with Gasteiger partial charge in [-0.1, -0.05) is 37.5 Å². The molecule has 0 unspecified atom stereocenters. The zero-order valence-electron chi connectivity index (χ0n) is 21.1. The molecule has 7 nitrogen and oxygen atoms in total. The average Bonchev–Trinajstić information content (AvgIpc) is 3.30. The van der Waals surface area contributed by atoms with Gasteiger partial charge in [0.25, 0.3) is 0 Å². The molecule has 2 aromatic rings. The maximum absolute atomic E-state index is 12.8. The van der Waals surface area contributed by atoms with Crippen LogP contribution in [0.3, 0.4) is 0 Å². The van der Waals surface area contributed by atoms with Gasteiger partial charge >= 0.3 is 6.09 Å². The quantitative estimate of drug-likeness (QED) is 0.556. The van der Waals surface area contributed by atoms with Crippen molar-refractivity contribution in [2.24, 2.45) is 0 Å². The highest BCUT2D eigenvalue weighted by atomic mass is 16.6. The first-order valence-electron chi connectivity index (χ1n) is 12.9. The number of hydrogen-bond acceptors (Lipinski definition) is 6. The van der Waals surface area contributed by atoms with Gasteiger partial charge in [-0.25, -0.2) is 14.8 Å². The molecule has 186 valence electrons. The SMILES string of the molecule is CC(C)(C)OC(=O)N1Cc2nc(C3=CCOCC3)nc(Nc3ccc(C4CCCCC4)cc3)c2C1. The van der Waals surface area contributed by atoms with E-state index in [0.29, 0.717) is 38.0 Å². The molecule has 1 N–H and O–H groups in total. The van der Waals surface area contributed by atoms with Crippen molar-refractivity contribution in [2.45, 2.75) is 83.9 Å². The van der Waals surface area contributed by atoms with Crippen LogP contribution in [0, 0.1) is 0 Å². The summed E-state index contributed by atoms with van der Waals surface area (Å²) in [6, 6.07) is 8.78. The van der Waals surface area contributed by atoms with Crippen LogP contribution in [0.4, 0.5) is 16.3 Å². The van der Waals surface area contributed by atoms with Gasteiger partial charge in [-0.05, 0) is 69.2 Å². The van der Waals surface area contributed by atoms with E-state index in [1.54, 1.807) is 4.90 Å². The van der Waals surface area contributed by atoms with Crippen molar-refractivity contribution in [3.63, 3.8) is 0 Å². The molecule has 1 aromatic carbocycles. The lowest BCUT2D eigenvalue weighted by Crippen LogP contribution is -2.33. The van der Waals surface area contributed by atoms with E-state index in [2.05, 4.69) is 35.7 Å². The van der Waals surface area contributed by atoms with Crippen LogP contribution in [0.5, 0.6) is 0 Å². The summed E-state index contributed by atoms with van der Waals surface area (Å²) in [7, 11) is 0. The summed E-state index contributed by atoms with van der Waals surface area (Å²) in [5.41, 5.74) is 4.78. The van der Waals surface area contributed by atoms with Crippen molar-refractivity contribution in [1.82, 2.24) is 14.9 Å². The van der Waals surface area contributed by atoms with Crippen LogP contribution >= 0.6 is 0 Å². The number of nitrogens with zero attached hydrogens (tertiary/aromatic N) is 3. The third-order valence-electron chi connectivity index (χ3n) is 6.93. The van der Waals surface area contributed by atoms with Crippen LogP contribution in [0.25, 0.3) is 5.57 Å². The Morgan fingerprint density at radius 2 is 1.86 bits per heavy atom. The van der Waals surface area contributed by atoms with Crippen LogP contribution < -0.4 is 5.32 Å². The minimum absolute atomic E-state index is 0.329. The zero-order chi connectivity index (χ0) is 24.4. The lowest BCUT2D eigenvalue weighted by Gasteiger charge is -2.24. The molecule has 0 spiro atoms. The molecule has 1 aliphatic carbocycles. The number of benzene rings is 1. The molecule has 1 amide bonds. The maximum Gasteiger partial charge on any atom is 0.410 e. The lowest BCUT2D eigenvalue weighted by molar-refractivity contribution is 0.0241. The van der Waals surface area contributed by atoms with Gasteiger partial charge in [0.05, 0.1) is 32.0 Å². The molecule has 35 heavy (non-hydrogen) atoms. The molecule has 2 aliphatic heterocycles. The van der Waals surface area contributed by atoms with Crippen LogP contribution in [0.1, 0.15) is 87.9 Å². The van der Waals surface area contributed by atoms with Crippen molar-refractivity contribution in [3.05, 3.63) is 53.0 Å². The minimum Gasteiger partial charge on any atom is -0.444 e. The number of fused-ring (bicyclic) bond motifs is 1.